The molecule has 4 nitrogen and oxygen atoms in total. The largest absolute Gasteiger partial charge is 0.326 e. The summed E-state index contributed by atoms with van der Waals surface area (Å²) in [6, 6.07) is 14.6. The van der Waals surface area contributed by atoms with Gasteiger partial charge in [-0.1, -0.05) is 29.8 Å². The van der Waals surface area contributed by atoms with Crippen LogP contribution in [-0.4, -0.2) is 17.6 Å². The molecule has 0 aliphatic rings. The van der Waals surface area contributed by atoms with Crippen LogP contribution in [0.2, 0.25) is 5.02 Å². The zero-order valence-electron chi connectivity index (χ0n) is 12.6. The summed E-state index contributed by atoms with van der Waals surface area (Å²) in [5.41, 5.74) is 2.40. The molecule has 0 atom stereocenters. The van der Waals surface area contributed by atoms with Gasteiger partial charge in [0.05, 0.1) is 5.75 Å². The molecule has 2 aromatic rings. The smallest absolute Gasteiger partial charge is 0.234 e. The maximum atomic E-state index is 12.0. The fraction of sp³-hybridized carbons (Fsp3) is 0.176. The van der Waals surface area contributed by atoms with E-state index < -0.39 is 0 Å². The predicted octanol–water partition coefficient (Wildman–Crippen LogP) is 4.17. The molecule has 0 aliphatic heterocycles. The number of rotatable bonds is 6. The van der Waals surface area contributed by atoms with Crippen LogP contribution in [-0.2, 0) is 15.3 Å². The molecule has 0 fully saturated rings. The minimum Gasteiger partial charge on any atom is -0.326 e. The van der Waals surface area contributed by atoms with E-state index in [0.29, 0.717) is 22.2 Å². The Morgan fingerprint density at radius 2 is 1.74 bits per heavy atom. The lowest BCUT2D eigenvalue weighted by Crippen LogP contribution is -2.14. The molecule has 0 aliphatic carbocycles. The first-order valence-corrected chi connectivity index (χ1v) is 8.56. The van der Waals surface area contributed by atoms with E-state index >= 15 is 0 Å². The van der Waals surface area contributed by atoms with Crippen molar-refractivity contribution in [1.82, 2.24) is 0 Å². The van der Waals surface area contributed by atoms with Crippen LogP contribution in [0.5, 0.6) is 0 Å². The van der Waals surface area contributed by atoms with E-state index in [0.717, 1.165) is 11.3 Å². The van der Waals surface area contributed by atoms with Crippen molar-refractivity contribution in [1.29, 1.82) is 0 Å². The van der Waals surface area contributed by atoms with E-state index in [-0.39, 0.29) is 11.8 Å². The zero-order chi connectivity index (χ0) is 16.7. The molecule has 23 heavy (non-hydrogen) atoms. The topological polar surface area (TPSA) is 58.2 Å². The van der Waals surface area contributed by atoms with E-state index in [1.807, 2.05) is 24.3 Å². The van der Waals surface area contributed by atoms with Crippen molar-refractivity contribution in [3.05, 3.63) is 59.1 Å². The summed E-state index contributed by atoms with van der Waals surface area (Å²) in [5, 5.41) is 6.19. The van der Waals surface area contributed by atoms with Gasteiger partial charge in [-0.25, -0.2) is 0 Å². The number of hydrogen-bond donors (Lipinski definition) is 2. The SMILES string of the molecule is CC(=O)Nc1cccc(NC(=O)CSCc2cccc(Cl)c2)c1. The van der Waals surface area contributed by atoms with Crippen molar-refractivity contribution in [2.24, 2.45) is 0 Å². The Kier molecular flexibility index (Phi) is 6.50. The fourth-order valence-electron chi connectivity index (χ4n) is 1.96. The van der Waals surface area contributed by atoms with E-state index in [4.69, 9.17) is 11.6 Å². The summed E-state index contributed by atoms with van der Waals surface area (Å²) < 4.78 is 0. The first-order valence-electron chi connectivity index (χ1n) is 7.02. The first-order chi connectivity index (χ1) is 11.0. The third kappa shape index (κ3) is 6.34. The number of thioether (sulfide) groups is 1. The fourth-order valence-corrected chi connectivity index (χ4v) is 2.95. The van der Waals surface area contributed by atoms with Crippen LogP contribution in [0.3, 0.4) is 0 Å². The Bertz CT molecular complexity index is 706. The van der Waals surface area contributed by atoms with Gasteiger partial charge >= 0.3 is 0 Å². The van der Waals surface area contributed by atoms with Gasteiger partial charge in [0.2, 0.25) is 11.8 Å². The second-order valence-electron chi connectivity index (χ2n) is 4.93. The number of anilines is 2. The molecule has 6 heteroatoms. The van der Waals surface area contributed by atoms with Crippen LogP contribution >= 0.6 is 23.4 Å². The van der Waals surface area contributed by atoms with Crippen molar-refractivity contribution >= 4 is 46.6 Å². The van der Waals surface area contributed by atoms with Gasteiger partial charge in [0.25, 0.3) is 0 Å². The number of nitrogens with one attached hydrogen (secondary N) is 2. The normalized spacial score (nSPS) is 10.2. The third-order valence-electron chi connectivity index (χ3n) is 2.86. The third-order valence-corrected chi connectivity index (χ3v) is 4.10. The van der Waals surface area contributed by atoms with Gasteiger partial charge < -0.3 is 10.6 Å². The highest BCUT2D eigenvalue weighted by Crippen LogP contribution is 2.18. The summed E-state index contributed by atoms with van der Waals surface area (Å²) in [6.07, 6.45) is 0. The second kappa shape index (κ2) is 8.60. The molecule has 2 aromatic carbocycles. The average molecular weight is 349 g/mol. The molecule has 2 rings (SSSR count). The second-order valence-corrected chi connectivity index (χ2v) is 6.35. The summed E-state index contributed by atoms with van der Waals surface area (Å²) in [6.45, 7) is 1.44. The number of carbonyl (C=O) groups excluding carboxylic acids is 2. The number of benzene rings is 2. The average Bonchev–Trinajstić information content (AvgIpc) is 2.47. The minimum atomic E-state index is -0.148. The van der Waals surface area contributed by atoms with Crippen molar-refractivity contribution < 1.29 is 9.59 Å². The molecule has 0 heterocycles. The van der Waals surface area contributed by atoms with Crippen LogP contribution in [0.1, 0.15) is 12.5 Å². The van der Waals surface area contributed by atoms with E-state index in [1.54, 1.807) is 24.3 Å². The number of amides is 2. The maximum absolute atomic E-state index is 12.0. The van der Waals surface area contributed by atoms with Gasteiger partial charge in [-0.05, 0) is 35.9 Å². The summed E-state index contributed by atoms with van der Waals surface area (Å²) in [7, 11) is 0. The molecular formula is C17H17ClN2O2S. The Balaban J connectivity index is 1.81. The lowest BCUT2D eigenvalue weighted by atomic mass is 10.2. The Hall–Kier alpha value is -1.98. The van der Waals surface area contributed by atoms with E-state index in [9.17, 15) is 9.59 Å². The monoisotopic (exact) mass is 348 g/mol. The van der Waals surface area contributed by atoms with Gasteiger partial charge in [-0.3, -0.25) is 9.59 Å². The van der Waals surface area contributed by atoms with E-state index in [2.05, 4.69) is 10.6 Å². The van der Waals surface area contributed by atoms with Crippen LogP contribution in [0.4, 0.5) is 11.4 Å². The Morgan fingerprint density at radius 3 is 2.43 bits per heavy atom. The molecule has 120 valence electrons. The van der Waals surface area contributed by atoms with Crippen molar-refractivity contribution in [3.8, 4) is 0 Å². The minimum absolute atomic E-state index is 0.0861. The highest BCUT2D eigenvalue weighted by atomic mass is 35.5. The summed E-state index contributed by atoms with van der Waals surface area (Å²) in [5.74, 6) is 0.833. The van der Waals surface area contributed by atoms with Gasteiger partial charge in [0, 0.05) is 29.1 Å². The number of carbonyl (C=O) groups is 2. The molecular weight excluding hydrogens is 332 g/mol. The highest BCUT2D eigenvalue weighted by molar-refractivity contribution is 7.99. The van der Waals surface area contributed by atoms with Crippen LogP contribution in [0.15, 0.2) is 48.5 Å². The lowest BCUT2D eigenvalue weighted by molar-refractivity contribution is -0.114. The Labute approximate surface area is 144 Å². The molecule has 2 N–H and O–H groups in total. The zero-order valence-corrected chi connectivity index (χ0v) is 14.2. The quantitative estimate of drug-likeness (QED) is 0.823. The van der Waals surface area contributed by atoms with Gasteiger partial charge in [0.15, 0.2) is 0 Å². The number of halogens is 1. The first kappa shape index (κ1) is 17.4. The molecule has 0 aromatic heterocycles. The molecule has 0 spiro atoms. The van der Waals surface area contributed by atoms with Crippen LogP contribution in [0, 0.1) is 0 Å². The van der Waals surface area contributed by atoms with Gasteiger partial charge in [0.1, 0.15) is 0 Å². The van der Waals surface area contributed by atoms with Crippen LogP contribution in [0.25, 0.3) is 0 Å². The predicted molar refractivity (Wildman–Crippen MR) is 97.0 cm³/mol. The highest BCUT2D eigenvalue weighted by Gasteiger charge is 2.04. The summed E-state index contributed by atoms with van der Waals surface area (Å²) >= 11 is 7.44. The Morgan fingerprint density at radius 1 is 1.04 bits per heavy atom. The van der Waals surface area contributed by atoms with E-state index in [1.165, 1.54) is 18.7 Å². The number of hydrogen-bond acceptors (Lipinski definition) is 3. The molecule has 0 radical (unpaired) electrons. The van der Waals surface area contributed by atoms with Gasteiger partial charge in [-0.15, -0.1) is 11.8 Å². The van der Waals surface area contributed by atoms with Crippen LogP contribution < -0.4 is 10.6 Å². The maximum Gasteiger partial charge on any atom is 0.234 e. The molecule has 0 saturated heterocycles. The summed E-state index contributed by atoms with van der Waals surface area (Å²) in [4.78, 5) is 23.0. The van der Waals surface area contributed by atoms with Gasteiger partial charge in [-0.2, -0.15) is 0 Å². The van der Waals surface area contributed by atoms with Crippen molar-refractivity contribution in [2.75, 3.05) is 16.4 Å². The molecule has 0 bridgehead atoms. The lowest BCUT2D eigenvalue weighted by Gasteiger charge is -2.08. The van der Waals surface area contributed by atoms with Crippen molar-refractivity contribution in [3.63, 3.8) is 0 Å². The van der Waals surface area contributed by atoms with Crippen molar-refractivity contribution in [2.45, 2.75) is 12.7 Å². The molecule has 2 amide bonds. The standard InChI is InChI=1S/C17H17ClN2O2S/c1-12(21)19-15-6-3-7-16(9-15)20-17(22)11-23-10-13-4-2-5-14(18)8-13/h2-9H,10-11H2,1H3,(H,19,21)(H,20,22). The molecule has 0 unspecified atom stereocenters. The molecule has 0 saturated carbocycles.